The Kier molecular flexibility index (Phi) is 4.95. The molecule has 3 heterocycles. The maximum Gasteiger partial charge on any atom is 0.274 e. The highest BCUT2D eigenvalue weighted by Gasteiger charge is 2.23. The van der Waals surface area contributed by atoms with E-state index in [4.69, 9.17) is 0 Å². The molecule has 2 aromatic heterocycles. The summed E-state index contributed by atoms with van der Waals surface area (Å²) in [5, 5.41) is 4.34. The topological polar surface area (TPSA) is 87.1 Å². The third-order valence-electron chi connectivity index (χ3n) is 5.48. The van der Waals surface area contributed by atoms with Crippen LogP contribution in [0, 0.1) is 0 Å². The van der Waals surface area contributed by atoms with Gasteiger partial charge in [0.1, 0.15) is 5.69 Å². The van der Waals surface area contributed by atoms with Gasteiger partial charge in [-0.05, 0) is 36.8 Å². The van der Waals surface area contributed by atoms with E-state index in [0.29, 0.717) is 25.3 Å². The zero-order valence-corrected chi connectivity index (χ0v) is 16.9. The fourth-order valence-corrected chi connectivity index (χ4v) is 3.86. The third kappa shape index (κ3) is 3.79. The summed E-state index contributed by atoms with van der Waals surface area (Å²) in [6.07, 6.45) is 0.821. The Balaban J connectivity index is 1.34. The van der Waals surface area contributed by atoms with Crippen molar-refractivity contribution in [1.29, 1.82) is 0 Å². The molecule has 0 saturated carbocycles. The molecule has 1 aliphatic rings. The van der Waals surface area contributed by atoms with Gasteiger partial charge in [0, 0.05) is 32.2 Å². The van der Waals surface area contributed by atoms with Gasteiger partial charge in [-0.15, -0.1) is 0 Å². The zero-order valence-electron chi connectivity index (χ0n) is 16.9. The summed E-state index contributed by atoms with van der Waals surface area (Å²) >= 11 is 0. The Morgan fingerprint density at radius 2 is 1.68 bits per heavy atom. The lowest BCUT2D eigenvalue weighted by molar-refractivity contribution is 0.0759. The van der Waals surface area contributed by atoms with Crippen molar-refractivity contribution in [3.05, 3.63) is 82.8 Å². The minimum Gasteiger partial charge on any atom is -0.341 e. The lowest BCUT2D eigenvalue weighted by atomic mass is 10.3. The number of aromatic nitrogens is 4. The van der Waals surface area contributed by atoms with Crippen LogP contribution in [0.5, 0.6) is 0 Å². The van der Waals surface area contributed by atoms with Gasteiger partial charge in [-0.2, -0.15) is 9.78 Å². The molecule has 156 valence electrons. The molecule has 0 bridgehead atoms. The molecule has 0 aliphatic carbocycles. The first-order valence-electron chi connectivity index (χ1n) is 10.3. The first kappa shape index (κ1) is 19.0. The van der Waals surface area contributed by atoms with Crippen molar-refractivity contribution in [2.45, 2.75) is 6.42 Å². The second kappa shape index (κ2) is 8.06. The fourth-order valence-electron chi connectivity index (χ4n) is 3.86. The molecule has 1 saturated heterocycles. The predicted molar refractivity (Wildman–Crippen MR) is 119 cm³/mol. The smallest absolute Gasteiger partial charge is 0.274 e. The standard InChI is InChI=1S/C23H22N6O2/c30-21-12-11-20(26-29(21)17-7-2-1-3-8-17)22(31)27-13-6-14-28(16-15-27)23-24-18-9-4-5-10-19(18)25-23/h1-5,7-12H,6,13-16H2,(H,24,25). The van der Waals surface area contributed by atoms with E-state index in [1.165, 1.54) is 16.8 Å². The van der Waals surface area contributed by atoms with Crippen LogP contribution in [0.15, 0.2) is 71.5 Å². The number of imidazole rings is 1. The Morgan fingerprint density at radius 1 is 0.871 bits per heavy atom. The average Bonchev–Trinajstić information content (AvgIpc) is 3.09. The van der Waals surface area contributed by atoms with Crippen molar-refractivity contribution in [2.75, 3.05) is 31.1 Å². The number of carbonyl (C=O) groups excluding carboxylic acids is 1. The van der Waals surface area contributed by atoms with Gasteiger partial charge in [0.05, 0.1) is 16.7 Å². The number of para-hydroxylation sites is 3. The summed E-state index contributed by atoms with van der Waals surface area (Å²) in [7, 11) is 0. The lowest BCUT2D eigenvalue weighted by Crippen LogP contribution is -2.37. The van der Waals surface area contributed by atoms with Crippen molar-refractivity contribution in [3.63, 3.8) is 0 Å². The Morgan fingerprint density at radius 3 is 2.52 bits per heavy atom. The summed E-state index contributed by atoms with van der Waals surface area (Å²) in [6, 6.07) is 20.0. The highest BCUT2D eigenvalue weighted by molar-refractivity contribution is 5.92. The van der Waals surface area contributed by atoms with Gasteiger partial charge in [0.2, 0.25) is 5.95 Å². The van der Waals surface area contributed by atoms with Crippen LogP contribution in [0.1, 0.15) is 16.9 Å². The van der Waals surface area contributed by atoms with Crippen LogP contribution >= 0.6 is 0 Å². The number of nitrogens with one attached hydrogen (secondary N) is 1. The Labute approximate surface area is 178 Å². The lowest BCUT2D eigenvalue weighted by Gasteiger charge is -2.21. The summed E-state index contributed by atoms with van der Waals surface area (Å²) in [4.78, 5) is 37.4. The van der Waals surface area contributed by atoms with Crippen molar-refractivity contribution in [3.8, 4) is 5.69 Å². The van der Waals surface area contributed by atoms with E-state index in [0.717, 1.165) is 29.9 Å². The van der Waals surface area contributed by atoms with E-state index in [9.17, 15) is 9.59 Å². The molecular formula is C23H22N6O2. The number of fused-ring (bicyclic) bond motifs is 1. The molecule has 0 atom stereocenters. The van der Waals surface area contributed by atoms with Crippen LogP contribution in [0.4, 0.5) is 5.95 Å². The van der Waals surface area contributed by atoms with E-state index in [-0.39, 0.29) is 17.2 Å². The molecule has 1 fully saturated rings. The number of nitrogens with zero attached hydrogens (tertiary/aromatic N) is 5. The number of hydrogen-bond donors (Lipinski definition) is 1. The molecule has 1 aliphatic heterocycles. The van der Waals surface area contributed by atoms with Gasteiger partial charge in [0.15, 0.2) is 0 Å². The number of H-pyrrole nitrogens is 1. The maximum atomic E-state index is 13.1. The van der Waals surface area contributed by atoms with Crippen LogP contribution in [-0.2, 0) is 0 Å². The second-order valence-corrected chi connectivity index (χ2v) is 7.51. The Hall–Kier alpha value is -3.94. The highest BCUT2D eigenvalue weighted by atomic mass is 16.2. The van der Waals surface area contributed by atoms with Gasteiger partial charge < -0.3 is 14.8 Å². The largest absolute Gasteiger partial charge is 0.341 e. The summed E-state index contributed by atoms with van der Waals surface area (Å²) in [5.41, 5.74) is 2.56. The number of anilines is 1. The predicted octanol–water partition coefficient (Wildman–Crippen LogP) is 2.46. The van der Waals surface area contributed by atoms with Gasteiger partial charge in [-0.3, -0.25) is 9.59 Å². The van der Waals surface area contributed by atoms with Crippen LogP contribution in [0.3, 0.4) is 0 Å². The first-order valence-corrected chi connectivity index (χ1v) is 10.3. The molecular weight excluding hydrogens is 392 g/mol. The van der Waals surface area contributed by atoms with Crippen LogP contribution in [0.2, 0.25) is 0 Å². The molecule has 5 rings (SSSR count). The van der Waals surface area contributed by atoms with Gasteiger partial charge in [-0.1, -0.05) is 30.3 Å². The van der Waals surface area contributed by atoms with Crippen LogP contribution in [-0.4, -0.2) is 56.7 Å². The molecule has 1 amide bonds. The molecule has 0 unspecified atom stereocenters. The van der Waals surface area contributed by atoms with Crippen molar-refractivity contribution >= 4 is 22.9 Å². The fraction of sp³-hybridized carbons (Fsp3) is 0.217. The molecule has 31 heavy (non-hydrogen) atoms. The Bertz CT molecular complexity index is 1250. The van der Waals surface area contributed by atoms with Crippen molar-refractivity contribution in [1.82, 2.24) is 24.6 Å². The number of carbonyl (C=O) groups is 1. The van der Waals surface area contributed by atoms with Crippen LogP contribution in [0.25, 0.3) is 16.7 Å². The molecule has 8 nitrogen and oxygen atoms in total. The number of benzene rings is 2. The monoisotopic (exact) mass is 414 g/mol. The number of hydrogen-bond acceptors (Lipinski definition) is 5. The summed E-state index contributed by atoms with van der Waals surface area (Å²) < 4.78 is 1.27. The van der Waals surface area contributed by atoms with Gasteiger partial charge in [0.25, 0.3) is 11.5 Å². The normalized spacial score (nSPS) is 14.6. The first-order chi connectivity index (χ1) is 15.2. The average molecular weight is 414 g/mol. The molecule has 0 spiro atoms. The summed E-state index contributed by atoms with van der Waals surface area (Å²) in [6.45, 7) is 2.66. The zero-order chi connectivity index (χ0) is 21.2. The third-order valence-corrected chi connectivity index (χ3v) is 5.48. The van der Waals surface area contributed by atoms with Crippen LogP contribution < -0.4 is 10.5 Å². The molecule has 8 heteroatoms. The van der Waals surface area contributed by atoms with Crippen molar-refractivity contribution in [2.24, 2.45) is 0 Å². The molecule has 1 N–H and O–H groups in total. The van der Waals surface area contributed by atoms with E-state index in [1.54, 1.807) is 17.0 Å². The van der Waals surface area contributed by atoms with E-state index in [1.807, 2.05) is 42.5 Å². The quantitative estimate of drug-likeness (QED) is 0.557. The minimum absolute atomic E-state index is 0.170. The highest BCUT2D eigenvalue weighted by Crippen LogP contribution is 2.19. The second-order valence-electron chi connectivity index (χ2n) is 7.51. The van der Waals surface area contributed by atoms with E-state index < -0.39 is 0 Å². The number of rotatable bonds is 3. The van der Waals surface area contributed by atoms with Gasteiger partial charge >= 0.3 is 0 Å². The van der Waals surface area contributed by atoms with E-state index in [2.05, 4.69) is 20.0 Å². The number of aromatic amines is 1. The van der Waals surface area contributed by atoms with Gasteiger partial charge in [-0.25, -0.2) is 4.98 Å². The number of amides is 1. The summed E-state index contributed by atoms with van der Waals surface area (Å²) in [5.74, 6) is 0.655. The van der Waals surface area contributed by atoms with E-state index >= 15 is 0 Å². The SMILES string of the molecule is O=C(c1ccc(=O)n(-c2ccccc2)n1)N1CCCN(c2nc3ccccc3[nH]2)CC1. The maximum absolute atomic E-state index is 13.1. The van der Waals surface area contributed by atoms with Crippen molar-refractivity contribution < 1.29 is 4.79 Å². The molecule has 2 aromatic carbocycles. The minimum atomic E-state index is -0.269. The molecule has 0 radical (unpaired) electrons. The molecule has 4 aromatic rings.